The molecule has 1 N–H and O–H groups in total. The maximum Gasteiger partial charge on any atom is 0.406 e. The average molecular weight is 251 g/mol. The molecule has 0 atom stereocenters. The molecule has 0 unspecified atom stereocenters. The number of alkyl halides is 3. The van der Waals surface area contributed by atoms with E-state index in [0.29, 0.717) is 25.3 Å². The van der Waals surface area contributed by atoms with Gasteiger partial charge in [-0.15, -0.1) is 0 Å². The third-order valence-electron chi connectivity index (χ3n) is 4.12. The van der Waals surface area contributed by atoms with Gasteiger partial charge in [-0.1, -0.05) is 27.7 Å². The second kappa shape index (κ2) is 4.79. The van der Waals surface area contributed by atoms with Crippen LogP contribution in [-0.4, -0.2) is 18.3 Å². The predicted molar refractivity (Wildman–Crippen MR) is 63.9 cm³/mol. The van der Waals surface area contributed by atoms with Crippen molar-refractivity contribution in [2.45, 2.75) is 65.1 Å². The van der Waals surface area contributed by atoms with Gasteiger partial charge in [0, 0.05) is 0 Å². The molecule has 0 radical (unpaired) electrons. The van der Waals surface area contributed by atoms with Crippen LogP contribution >= 0.6 is 0 Å². The first-order chi connectivity index (χ1) is 7.62. The molecule has 1 aliphatic carbocycles. The van der Waals surface area contributed by atoms with Gasteiger partial charge in [0.1, 0.15) is 5.54 Å². The van der Waals surface area contributed by atoms with Crippen molar-refractivity contribution in [1.82, 2.24) is 5.32 Å². The third-order valence-corrected chi connectivity index (χ3v) is 4.12. The first-order valence-corrected chi connectivity index (χ1v) is 6.44. The molecule has 102 valence electrons. The molecule has 1 fully saturated rings. The second-order valence-corrected chi connectivity index (χ2v) is 6.25. The highest BCUT2D eigenvalue weighted by Crippen LogP contribution is 2.47. The van der Waals surface area contributed by atoms with Gasteiger partial charge in [-0.05, 0) is 43.6 Å². The Hall–Kier alpha value is -0.250. The maximum absolute atomic E-state index is 13.1. The Bertz CT molecular complexity index is 244. The van der Waals surface area contributed by atoms with E-state index >= 15 is 0 Å². The zero-order valence-corrected chi connectivity index (χ0v) is 11.2. The number of nitrogens with one attached hydrogen (secondary N) is 1. The maximum atomic E-state index is 13.1. The lowest BCUT2D eigenvalue weighted by atomic mass is 9.67. The Labute approximate surface area is 102 Å². The van der Waals surface area contributed by atoms with E-state index in [4.69, 9.17) is 0 Å². The normalized spacial score (nSPS) is 31.6. The molecule has 1 saturated carbocycles. The summed E-state index contributed by atoms with van der Waals surface area (Å²) in [7, 11) is 0. The fraction of sp³-hybridized carbons (Fsp3) is 1.00. The van der Waals surface area contributed by atoms with Gasteiger partial charge in [0.15, 0.2) is 0 Å². The molecule has 0 heterocycles. The van der Waals surface area contributed by atoms with Crippen molar-refractivity contribution < 1.29 is 13.2 Å². The van der Waals surface area contributed by atoms with Crippen molar-refractivity contribution in [3.63, 3.8) is 0 Å². The van der Waals surface area contributed by atoms with E-state index in [1.54, 1.807) is 6.92 Å². The average Bonchev–Trinajstić information content (AvgIpc) is 2.15. The Balaban J connectivity index is 2.75. The lowest BCUT2D eigenvalue weighted by molar-refractivity contribution is -0.209. The summed E-state index contributed by atoms with van der Waals surface area (Å²) in [6.07, 6.45) is -2.38. The zero-order valence-electron chi connectivity index (χ0n) is 11.2. The molecular formula is C13H24F3N. The SMILES string of the molecule is CCNC1(C(F)(F)F)CCC(C(C)(C)C)CC1. The highest BCUT2D eigenvalue weighted by molar-refractivity contribution is 4.99. The van der Waals surface area contributed by atoms with E-state index in [0.717, 1.165) is 0 Å². The summed E-state index contributed by atoms with van der Waals surface area (Å²) in [5.74, 6) is 0.400. The van der Waals surface area contributed by atoms with E-state index in [-0.39, 0.29) is 18.3 Å². The largest absolute Gasteiger partial charge is 0.406 e. The van der Waals surface area contributed by atoms with E-state index in [1.165, 1.54) is 0 Å². The molecule has 1 rings (SSSR count). The fourth-order valence-electron chi connectivity index (χ4n) is 2.88. The Morgan fingerprint density at radius 3 is 1.88 bits per heavy atom. The van der Waals surface area contributed by atoms with Crippen LogP contribution in [0.1, 0.15) is 53.4 Å². The van der Waals surface area contributed by atoms with Gasteiger partial charge in [0.25, 0.3) is 0 Å². The minimum Gasteiger partial charge on any atom is -0.304 e. The molecule has 4 heteroatoms. The minimum absolute atomic E-state index is 0.115. The smallest absolute Gasteiger partial charge is 0.304 e. The van der Waals surface area contributed by atoms with Crippen LogP contribution in [-0.2, 0) is 0 Å². The van der Waals surface area contributed by atoms with Crippen molar-refractivity contribution in [3.05, 3.63) is 0 Å². The van der Waals surface area contributed by atoms with Gasteiger partial charge in [0.05, 0.1) is 0 Å². The quantitative estimate of drug-likeness (QED) is 0.778. The van der Waals surface area contributed by atoms with E-state index in [9.17, 15) is 13.2 Å². The molecule has 0 aromatic rings. The molecule has 0 saturated heterocycles. The van der Waals surface area contributed by atoms with Crippen molar-refractivity contribution in [3.8, 4) is 0 Å². The monoisotopic (exact) mass is 251 g/mol. The van der Waals surface area contributed by atoms with E-state index < -0.39 is 11.7 Å². The summed E-state index contributed by atoms with van der Waals surface area (Å²) in [5, 5.41) is 2.68. The van der Waals surface area contributed by atoms with Gasteiger partial charge in [0.2, 0.25) is 0 Å². The van der Waals surface area contributed by atoms with E-state index in [1.807, 2.05) is 0 Å². The number of hydrogen-bond donors (Lipinski definition) is 1. The Kier molecular flexibility index (Phi) is 4.17. The highest BCUT2D eigenvalue weighted by Gasteiger charge is 2.55. The fourth-order valence-corrected chi connectivity index (χ4v) is 2.88. The van der Waals surface area contributed by atoms with Crippen LogP contribution in [0.15, 0.2) is 0 Å². The number of hydrogen-bond acceptors (Lipinski definition) is 1. The molecule has 0 bridgehead atoms. The second-order valence-electron chi connectivity index (χ2n) is 6.25. The molecule has 1 nitrogen and oxygen atoms in total. The number of halogens is 3. The van der Waals surface area contributed by atoms with Crippen molar-refractivity contribution in [2.75, 3.05) is 6.54 Å². The van der Waals surface area contributed by atoms with Crippen molar-refractivity contribution in [1.29, 1.82) is 0 Å². The molecular weight excluding hydrogens is 227 g/mol. The summed E-state index contributed by atoms with van der Waals surface area (Å²) in [6, 6.07) is 0. The predicted octanol–water partition coefficient (Wildman–Crippen LogP) is 4.13. The summed E-state index contributed by atoms with van der Waals surface area (Å²) >= 11 is 0. The molecule has 0 aromatic heterocycles. The summed E-state index contributed by atoms with van der Waals surface area (Å²) in [6.45, 7) is 8.46. The van der Waals surface area contributed by atoms with Gasteiger partial charge >= 0.3 is 6.18 Å². The Morgan fingerprint density at radius 2 is 1.59 bits per heavy atom. The van der Waals surface area contributed by atoms with Crippen molar-refractivity contribution in [2.24, 2.45) is 11.3 Å². The molecule has 0 aromatic carbocycles. The zero-order chi connectivity index (χ0) is 13.3. The number of rotatable bonds is 2. The molecule has 1 aliphatic rings. The topological polar surface area (TPSA) is 12.0 Å². The van der Waals surface area contributed by atoms with E-state index in [2.05, 4.69) is 26.1 Å². The van der Waals surface area contributed by atoms with Crippen LogP contribution in [0.2, 0.25) is 0 Å². The van der Waals surface area contributed by atoms with Crippen LogP contribution in [0.25, 0.3) is 0 Å². The first kappa shape index (κ1) is 14.8. The van der Waals surface area contributed by atoms with Crippen LogP contribution < -0.4 is 5.32 Å². The van der Waals surface area contributed by atoms with Gasteiger partial charge in [-0.3, -0.25) is 0 Å². The van der Waals surface area contributed by atoms with Crippen LogP contribution in [0.5, 0.6) is 0 Å². The van der Waals surface area contributed by atoms with Crippen LogP contribution in [0.3, 0.4) is 0 Å². The van der Waals surface area contributed by atoms with Crippen LogP contribution in [0.4, 0.5) is 13.2 Å². The standard InChI is InChI=1S/C13H24F3N/c1-5-17-12(13(14,15)16)8-6-10(7-9-12)11(2,3)4/h10,17H,5-9H2,1-4H3. The van der Waals surface area contributed by atoms with Crippen LogP contribution in [0, 0.1) is 11.3 Å². The highest BCUT2D eigenvalue weighted by atomic mass is 19.4. The summed E-state index contributed by atoms with van der Waals surface area (Å²) < 4.78 is 39.4. The molecule has 0 spiro atoms. The lowest BCUT2D eigenvalue weighted by Crippen LogP contribution is -2.59. The van der Waals surface area contributed by atoms with Gasteiger partial charge in [-0.25, -0.2) is 0 Å². The molecule has 0 aliphatic heterocycles. The van der Waals surface area contributed by atoms with Crippen molar-refractivity contribution >= 4 is 0 Å². The molecule has 17 heavy (non-hydrogen) atoms. The third kappa shape index (κ3) is 3.15. The van der Waals surface area contributed by atoms with Gasteiger partial charge < -0.3 is 5.32 Å². The lowest BCUT2D eigenvalue weighted by Gasteiger charge is -2.45. The summed E-state index contributed by atoms with van der Waals surface area (Å²) in [5.41, 5.74) is -1.52. The Morgan fingerprint density at radius 1 is 1.12 bits per heavy atom. The first-order valence-electron chi connectivity index (χ1n) is 6.44. The minimum atomic E-state index is -4.13. The molecule has 0 amide bonds. The summed E-state index contributed by atoms with van der Waals surface area (Å²) in [4.78, 5) is 0. The van der Waals surface area contributed by atoms with Gasteiger partial charge in [-0.2, -0.15) is 13.2 Å².